The second-order valence-corrected chi connectivity index (χ2v) is 6.31. The molecule has 0 saturated carbocycles. The topological polar surface area (TPSA) is 67.9 Å². The number of nitrogens with zero attached hydrogens (tertiary/aromatic N) is 5. The predicted molar refractivity (Wildman–Crippen MR) is 85.7 cm³/mol. The maximum Gasteiger partial charge on any atom is 0.240 e. The third kappa shape index (κ3) is 2.82. The van der Waals surface area contributed by atoms with Gasteiger partial charge in [0.1, 0.15) is 0 Å². The lowest BCUT2D eigenvalue weighted by molar-refractivity contribution is 0.209. The molecule has 0 amide bonds. The number of hydrogen-bond donors (Lipinski definition) is 0. The number of rotatable bonds is 3. The number of hydrogen-bond acceptors (Lipinski definition) is 6. The molecule has 0 spiro atoms. The molecule has 0 radical (unpaired) electrons. The first-order valence-corrected chi connectivity index (χ1v) is 7.97. The second-order valence-electron chi connectivity index (χ2n) is 6.31. The van der Waals surface area contributed by atoms with Gasteiger partial charge in [-0.2, -0.15) is 4.98 Å². The van der Waals surface area contributed by atoms with Crippen LogP contribution >= 0.6 is 0 Å². The van der Waals surface area contributed by atoms with E-state index in [1.165, 1.54) is 5.56 Å². The van der Waals surface area contributed by atoms with E-state index in [1.807, 2.05) is 6.07 Å². The molecule has 6 nitrogen and oxygen atoms in total. The van der Waals surface area contributed by atoms with E-state index in [-0.39, 0.29) is 5.92 Å². The average molecular weight is 309 g/mol. The van der Waals surface area contributed by atoms with Gasteiger partial charge in [-0.3, -0.25) is 4.90 Å². The summed E-state index contributed by atoms with van der Waals surface area (Å²) in [6, 6.07) is 6.20. The van der Waals surface area contributed by atoms with Crippen LogP contribution in [0.4, 0.5) is 0 Å². The zero-order valence-electron chi connectivity index (χ0n) is 13.4. The van der Waals surface area contributed by atoms with Crippen molar-refractivity contribution in [3.63, 3.8) is 0 Å². The third-order valence-electron chi connectivity index (χ3n) is 4.18. The van der Waals surface area contributed by atoms with Crippen molar-refractivity contribution in [3.8, 4) is 0 Å². The van der Waals surface area contributed by atoms with Gasteiger partial charge in [0.05, 0.1) is 6.54 Å². The van der Waals surface area contributed by atoms with Crippen LogP contribution in [-0.4, -0.2) is 31.6 Å². The fourth-order valence-electron chi connectivity index (χ4n) is 2.92. The lowest BCUT2D eigenvalue weighted by Gasteiger charge is -2.26. The lowest BCUT2D eigenvalue weighted by atomic mass is 10.0. The van der Waals surface area contributed by atoms with Gasteiger partial charge >= 0.3 is 0 Å². The summed E-state index contributed by atoms with van der Waals surface area (Å²) in [6.07, 6.45) is 2.71. The molecular formula is C17H19N5O. The van der Waals surface area contributed by atoms with Gasteiger partial charge in [-0.15, -0.1) is 0 Å². The highest BCUT2D eigenvalue weighted by molar-refractivity contribution is 5.75. The summed E-state index contributed by atoms with van der Waals surface area (Å²) in [6.45, 7) is 6.61. The Morgan fingerprint density at radius 3 is 3.04 bits per heavy atom. The fourth-order valence-corrected chi connectivity index (χ4v) is 2.92. The molecule has 118 valence electrons. The Hall–Kier alpha value is -2.34. The van der Waals surface area contributed by atoms with E-state index in [2.05, 4.69) is 46.0 Å². The zero-order valence-corrected chi connectivity index (χ0v) is 13.4. The molecule has 1 aliphatic heterocycles. The summed E-state index contributed by atoms with van der Waals surface area (Å²) >= 11 is 0. The fraction of sp³-hybridized carbons (Fsp3) is 0.412. The van der Waals surface area contributed by atoms with Crippen molar-refractivity contribution in [3.05, 3.63) is 47.4 Å². The van der Waals surface area contributed by atoms with Gasteiger partial charge in [-0.25, -0.2) is 9.97 Å². The Balaban J connectivity index is 1.54. The molecule has 0 atom stereocenters. The van der Waals surface area contributed by atoms with Crippen LogP contribution in [0, 0.1) is 0 Å². The summed E-state index contributed by atoms with van der Waals surface area (Å²) in [7, 11) is 0. The van der Waals surface area contributed by atoms with Crippen molar-refractivity contribution < 1.29 is 4.52 Å². The first kappa shape index (κ1) is 14.3. The lowest BCUT2D eigenvalue weighted by Crippen LogP contribution is -2.30. The quantitative estimate of drug-likeness (QED) is 0.741. The molecule has 23 heavy (non-hydrogen) atoms. The predicted octanol–water partition coefficient (Wildman–Crippen LogP) is 2.69. The van der Waals surface area contributed by atoms with E-state index < -0.39 is 0 Å². The molecule has 4 heterocycles. The zero-order chi connectivity index (χ0) is 15.8. The van der Waals surface area contributed by atoms with E-state index in [0.717, 1.165) is 42.1 Å². The molecule has 0 bridgehead atoms. The Kier molecular flexibility index (Phi) is 3.53. The van der Waals surface area contributed by atoms with Gasteiger partial charge in [0.2, 0.25) is 5.89 Å². The molecule has 0 unspecified atom stereocenters. The highest BCUT2D eigenvalue weighted by Crippen LogP contribution is 2.22. The molecule has 0 N–H and O–H groups in total. The molecule has 4 rings (SSSR count). The first-order valence-electron chi connectivity index (χ1n) is 7.97. The van der Waals surface area contributed by atoms with Crippen LogP contribution in [0.15, 0.2) is 28.9 Å². The minimum Gasteiger partial charge on any atom is -0.338 e. The first-order chi connectivity index (χ1) is 11.2. The van der Waals surface area contributed by atoms with Crippen LogP contribution in [0.1, 0.15) is 42.7 Å². The van der Waals surface area contributed by atoms with Crippen LogP contribution in [0.5, 0.6) is 0 Å². The molecule has 0 aliphatic carbocycles. The van der Waals surface area contributed by atoms with Gasteiger partial charge in [-0.05, 0) is 23.8 Å². The number of pyridine rings is 2. The van der Waals surface area contributed by atoms with E-state index in [4.69, 9.17) is 9.51 Å². The SMILES string of the molecule is CC(C)c1noc(CN2CCc3nc4ncccc4cc3C2)n1. The normalized spacial score (nSPS) is 15.3. The van der Waals surface area contributed by atoms with Crippen LogP contribution < -0.4 is 0 Å². The van der Waals surface area contributed by atoms with Gasteiger partial charge in [0.25, 0.3) is 0 Å². The summed E-state index contributed by atoms with van der Waals surface area (Å²) in [5.74, 6) is 1.75. The summed E-state index contributed by atoms with van der Waals surface area (Å²) in [5.41, 5.74) is 3.25. The van der Waals surface area contributed by atoms with Crippen molar-refractivity contribution in [1.29, 1.82) is 0 Å². The molecular weight excluding hydrogens is 290 g/mol. The molecule has 1 aliphatic rings. The molecule has 3 aromatic rings. The molecule has 3 aromatic heterocycles. The van der Waals surface area contributed by atoms with E-state index in [1.54, 1.807) is 6.20 Å². The number of aromatic nitrogens is 4. The molecule has 0 aromatic carbocycles. The van der Waals surface area contributed by atoms with Crippen LogP contribution in [-0.2, 0) is 19.5 Å². The van der Waals surface area contributed by atoms with Crippen molar-refractivity contribution in [1.82, 2.24) is 25.0 Å². The molecule has 6 heteroatoms. The maximum absolute atomic E-state index is 5.36. The van der Waals surface area contributed by atoms with E-state index in [0.29, 0.717) is 12.4 Å². The van der Waals surface area contributed by atoms with Crippen molar-refractivity contribution in [2.24, 2.45) is 0 Å². The average Bonchev–Trinajstić information content (AvgIpc) is 3.01. The minimum absolute atomic E-state index is 0.289. The van der Waals surface area contributed by atoms with Gasteiger partial charge in [0.15, 0.2) is 11.5 Å². The summed E-state index contributed by atoms with van der Waals surface area (Å²) in [5, 5.41) is 5.12. The minimum atomic E-state index is 0.289. The summed E-state index contributed by atoms with van der Waals surface area (Å²) < 4.78 is 5.36. The van der Waals surface area contributed by atoms with Gasteiger partial charge < -0.3 is 4.52 Å². The molecule has 0 fully saturated rings. The largest absolute Gasteiger partial charge is 0.338 e. The maximum atomic E-state index is 5.36. The van der Waals surface area contributed by atoms with Crippen molar-refractivity contribution in [2.45, 2.75) is 39.3 Å². The van der Waals surface area contributed by atoms with Gasteiger partial charge in [-0.1, -0.05) is 19.0 Å². The standard InChI is InChI=1S/C17H19N5O/c1-11(2)16-20-15(23-21-16)10-22-7-5-14-13(9-22)8-12-4-3-6-18-17(12)19-14/h3-4,6,8,11H,5,7,9-10H2,1-2H3. The Labute approximate surface area is 134 Å². The van der Waals surface area contributed by atoms with Crippen LogP contribution in [0.2, 0.25) is 0 Å². The Morgan fingerprint density at radius 1 is 1.30 bits per heavy atom. The summed E-state index contributed by atoms with van der Waals surface area (Å²) in [4.78, 5) is 15.8. The van der Waals surface area contributed by atoms with E-state index >= 15 is 0 Å². The van der Waals surface area contributed by atoms with E-state index in [9.17, 15) is 0 Å². The number of fused-ring (bicyclic) bond motifs is 2. The highest BCUT2D eigenvalue weighted by Gasteiger charge is 2.20. The molecule has 0 saturated heterocycles. The van der Waals surface area contributed by atoms with Gasteiger partial charge in [0, 0.05) is 42.7 Å². The highest BCUT2D eigenvalue weighted by atomic mass is 16.5. The third-order valence-corrected chi connectivity index (χ3v) is 4.18. The van der Waals surface area contributed by atoms with Crippen molar-refractivity contribution >= 4 is 11.0 Å². The van der Waals surface area contributed by atoms with Crippen LogP contribution in [0.25, 0.3) is 11.0 Å². The Bertz CT molecular complexity index is 842. The smallest absolute Gasteiger partial charge is 0.240 e. The second kappa shape index (κ2) is 5.70. The Morgan fingerprint density at radius 2 is 2.22 bits per heavy atom. The van der Waals surface area contributed by atoms with Crippen LogP contribution in [0.3, 0.4) is 0 Å². The monoisotopic (exact) mass is 309 g/mol. The van der Waals surface area contributed by atoms with Crippen molar-refractivity contribution in [2.75, 3.05) is 6.54 Å².